The van der Waals surface area contributed by atoms with Gasteiger partial charge in [0.05, 0.1) is 11.4 Å². The number of aromatic hydroxyl groups is 1. The zero-order valence-electron chi connectivity index (χ0n) is 18.4. The van der Waals surface area contributed by atoms with E-state index in [9.17, 15) is 14.7 Å². The highest BCUT2D eigenvalue weighted by atomic mass is 79.9. The number of unbranched alkanes of at least 4 members (excludes halogenated alkanes) is 1. The first-order chi connectivity index (χ1) is 16.4. The van der Waals surface area contributed by atoms with Crippen molar-refractivity contribution in [3.8, 4) is 5.75 Å². The fourth-order valence-electron chi connectivity index (χ4n) is 3.26. The fraction of sp³-hybridized carbons (Fsp3) is 0.154. The number of hydrogen-bond acceptors (Lipinski definition) is 5. The van der Waals surface area contributed by atoms with Gasteiger partial charge >= 0.3 is 6.09 Å². The van der Waals surface area contributed by atoms with Gasteiger partial charge in [-0.15, -0.1) is 0 Å². The maximum atomic E-state index is 12.5. The second-order valence-electron chi connectivity index (χ2n) is 7.50. The van der Waals surface area contributed by atoms with E-state index in [1.807, 2.05) is 18.2 Å². The average Bonchev–Trinajstić information content (AvgIpc) is 2.82. The highest BCUT2D eigenvalue weighted by molar-refractivity contribution is 9.10. The molecule has 176 valence electrons. The summed E-state index contributed by atoms with van der Waals surface area (Å²) < 4.78 is 6.41. The summed E-state index contributed by atoms with van der Waals surface area (Å²) in [6.45, 7) is 0. The van der Waals surface area contributed by atoms with Crippen LogP contribution < -0.4 is 16.4 Å². The smallest absolute Gasteiger partial charge is 0.412 e. The number of phenols is 1. The molecule has 0 aliphatic heterocycles. The van der Waals surface area contributed by atoms with Crippen molar-refractivity contribution in [1.82, 2.24) is 0 Å². The second-order valence-corrected chi connectivity index (χ2v) is 8.41. The first-order valence-corrected chi connectivity index (χ1v) is 11.5. The third-order valence-electron chi connectivity index (χ3n) is 4.93. The lowest BCUT2D eigenvalue weighted by Gasteiger charge is -2.20. The quantitative estimate of drug-likeness (QED) is 0.147. The maximum Gasteiger partial charge on any atom is 0.412 e. The number of ether oxygens (including phenoxy) is 1. The van der Waals surface area contributed by atoms with E-state index in [1.165, 1.54) is 6.08 Å². The van der Waals surface area contributed by atoms with Crippen molar-refractivity contribution in [2.75, 3.05) is 16.4 Å². The predicted octanol–water partition coefficient (Wildman–Crippen LogP) is 6.39. The van der Waals surface area contributed by atoms with Crippen LogP contribution >= 0.6 is 15.9 Å². The molecule has 5 N–H and O–H groups in total. The van der Waals surface area contributed by atoms with E-state index in [0.717, 1.165) is 4.47 Å². The van der Waals surface area contributed by atoms with Crippen molar-refractivity contribution in [3.63, 3.8) is 0 Å². The summed E-state index contributed by atoms with van der Waals surface area (Å²) in [4.78, 5) is 24.6. The van der Waals surface area contributed by atoms with E-state index >= 15 is 0 Å². The van der Waals surface area contributed by atoms with Gasteiger partial charge < -0.3 is 20.9 Å². The number of nitrogens with two attached hydrogens (primary N) is 1. The highest BCUT2D eigenvalue weighted by Gasteiger charge is 2.20. The summed E-state index contributed by atoms with van der Waals surface area (Å²) >= 11 is 3.39. The third-order valence-corrected chi connectivity index (χ3v) is 5.42. The minimum absolute atomic E-state index is 0.0380. The van der Waals surface area contributed by atoms with Crippen LogP contribution in [0.3, 0.4) is 0 Å². The number of para-hydroxylation sites is 3. The summed E-state index contributed by atoms with van der Waals surface area (Å²) in [6.07, 6.45) is 3.54. The van der Waals surface area contributed by atoms with Gasteiger partial charge in [0.15, 0.2) is 0 Å². The molecule has 0 heterocycles. The Balaban J connectivity index is 1.58. The first-order valence-electron chi connectivity index (χ1n) is 10.8. The van der Waals surface area contributed by atoms with Gasteiger partial charge in [-0.05, 0) is 67.8 Å². The zero-order chi connectivity index (χ0) is 24.3. The number of benzene rings is 3. The van der Waals surface area contributed by atoms with Crippen molar-refractivity contribution in [1.29, 1.82) is 0 Å². The van der Waals surface area contributed by atoms with E-state index in [-0.39, 0.29) is 11.7 Å². The van der Waals surface area contributed by atoms with Crippen LogP contribution in [-0.2, 0) is 9.53 Å². The molecule has 2 amide bonds. The molecule has 3 rings (SSSR count). The first kappa shape index (κ1) is 24.9. The summed E-state index contributed by atoms with van der Waals surface area (Å²) in [5.41, 5.74) is 7.99. The van der Waals surface area contributed by atoms with Crippen LogP contribution in [0.4, 0.5) is 21.9 Å². The third kappa shape index (κ3) is 7.67. The van der Waals surface area contributed by atoms with Gasteiger partial charge in [-0.2, -0.15) is 0 Å². The molecule has 3 aromatic carbocycles. The fourth-order valence-corrected chi connectivity index (χ4v) is 3.63. The highest BCUT2D eigenvalue weighted by Crippen LogP contribution is 2.33. The number of nitrogens with one attached hydrogen (secondary N) is 2. The molecule has 0 aliphatic rings. The van der Waals surface area contributed by atoms with Gasteiger partial charge in [-0.1, -0.05) is 52.3 Å². The summed E-state index contributed by atoms with van der Waals surface area (Å²) in [5.74, 6) is -0.242. The standard InChI is InChI=1S/C26H26BrN3O4/c27-18-15-16-23(31)20(17-18)24(34-26(33)29-19-9-3-1-4-10-19)13-5-2-6-14-25(32)30-22-12-8-7-11-21(22)28/h1,3-4,6-12,14-17,24,31H,2,5,13,28H2,(H,29,33)(H,30,32)/b14-6+/t24-/m0/s1. The maximum absolute atomic E-state index is 12.5. The molecule has 0 fully saturated rings. The molecule has 0 saturated carbocycles. The topological polar surface area (TPSA) is 114 Å². The van der Waals surface area contributed by atoms with E-state index in [2.05, 4.69) is 26.6 Å². The van der Waals surface area contributed by atoms with Gasteiger partial charge in [0, 0.05) is 15.7 Å². The molecule has 8 heteroatoms. The number of carbonyl (C=O) groups excluding carboxylic acids is 2. The van der Waals surface area contributed by atoms with Crippen molar-refractivity contribution in [2.24, 2.45) is 0 Å². The van der Waals surface area contributed by atoms with Crippen LogP contribution in [0, 0.1) is 0 Å². The largest absolute Gasteiger partial charge is 0.508 e. The number of rotatable bonds is 9. The van der Waals surface area contributed by atoms with E-state index in [1.54, 1.807) is 60.7 Å². The van der Waals surface area contributed by atoms with Crippen LogP contribution in [0.5, 0.6) is 5.75 Å². The Labute approximate surface area is 206 Å². The summed E-state index contributed by atoms with van der Waals surface area (Å²) in [7, 11) is 0. The lowest BCUT2D eigenvalue weighted by Crippen LogP contribution is -2.17. The number of nitrogen functional groups attached to an aromatic ring is 1. The monoisotopic (exact) mass is 523 g/mol. The molecule has 0 spiro atoms. The van der Waals surface area contributed by atoms with Gasteiger partial charge in [0.25, 0.3) is 0 Å². The van der Waals surface area contributed by atoms with Crippen LogP contribution in [0.25, 0.3) is 0 Å². The Morgan fingerprint density at radius 2 is 1.76 bits per heavy atom. The minimum atomic E-state index is -0.674. The Morgan fingerprint density at radius 3 is 2.53 bits per heavy atom. The predicted molar refractivity (Wildman–Crippen MR) is 138 cm³/mol. The van der Waals surface area contributed by atoms with Gasteiger partial charge in [-0.3, -0.25) is 10.1 Å². The number of phenolic OH excluding ortho intramolecular Hbond substituents is 1. The molecule has 0 saturated heterocycles. The Morgan fingerprint density at radius 1 is 1.03 bits per heavy atom. The van der Waals surface area contributed by atoms with E-state index in [0.29, 0.717) is 41.9 Å². The van der Waals surface area contributed by atoms with Crippen LogP contribution in [-0.4, -0.2) is 17.1 Å². The average molecular weight is 524 g/mol. The number of allylic oxidation sites excluding steroid dienone is 1. The minimum Gasteiger partial charge on any atom is -0.508 e. The van der Waals surface area contributed by atoms with Crippen molar-refractivity contribution < 1.29 is 19.4 Å². The van der Waals surface area contributed by atoms with E-state index in [4.69, 9.17) is 10.5 Å². The molecular weight excluding hydrogens is 498 g/mol. The molecule has 3 aromatic rings. The molecule has 1 atom stereocenters. The summed E-state index contributed by atoms with van der Waals surface area (Å²) in [6, 6.07) is 21.0. The number of amides is 2. The van der Waals surface area contributed by atoms with Crippen LogP contribution in [0.1, 0.15) is 30.9 Å². The normalized spacial score (nSPS) is 11.7. The van der Waals surface area contributed by atoms with Crippen LogP contribution in [0.2, 0.25) is 0 Å². The van der Waals surface area contributed by atoms with Gasteiger partial charge in [0.2, 0.25) is 5.91 Å². The van der Waals surface area contributed by atoms with Crippen molar-refractivity contribution >= 4 is 45.0 Å². The second kappa shape index (κ2) is 12.5. The number of halogens is 1. The molecule has 0 radical (unpaired) electrons. The molecule has 0 aliphatic carbocycles. The van der Waals surface area contributed by atoms with Gasteiger partial charge in [0.1, 0.15) is 11.9 Å². The zero-order valence-corrected chi connectivity index (χ0v) is 20.0. The molecule has 34 heavy (non-hydrogen) atoms. The molecule has 0 unspecified atom stereocenters. The Hall–Kier alpha value is -3.78. The molecule has 0 bridgehead atoms. The molecule has 0 aromatic heterocycles. The lowest BCUT2D eigenvalue weighted by molar-refractivity contribution is -0.111. The molecule has 7 nitrogen and oxygen atoms in total. The summed E-state index contributed by atoms with van der Waals surface area (Å²) in [5, 5.41) is 15.8. The Bertz CT molecular complexity index is 1150. The van der Waals surface area contributed by atoms with Crippen LogP contribution in [0.15, 0.2) is 89.4 Å². The Kier molecular flexibility index (Phi) is 9.11. The SMILES string of the molecule is Nc1ccccc1NC(=O)/C=C/CCC[C@H](OC(=O)Nc1ccccc1)c1cc(Br)ccc1O. The van der Waals surface area contributed by atoms with Gasteiger partial charge in [-0.25, -0.2) is 4.79 Å². The number of carbonyl (C=O) groups is 2. The van der Waals surface area contributed by atoms with E-state index < -0.39 is 12.2 Å². The van der Waals surface area contributed by atoms with Crippen molar-refractivity contribution in [3.05, 3.63) is 95.0 Å². The lowest BCUT2D eigenvalue weighted by atomic mass is 10.0. The number of hydrogen-bond donors (Lipinski definition) is 4. The molecular formula is C26H26BrN3O4. The number of anilines is 3. The van der Waals surface area contributed by atoms with Crippen molar-refractivity contribution in [2.45, 2.75) is 25.4 Å².